The second-order valence-electron chi connectivity index (χ2n) is 6.75. The standard InChI is InChI=1S/C21H23NO3/c23-21(13-15-6-7-16-4-1-2-5-17(16)12-15)22-18-8-9-19-20(14-18)25-11-3-10-24-19/h6-9,12,14H,1-5,10-11,13H2,(H,22,23). The molecule has 0 saturated heterocycles. The van der Waals surface area contributed by atoms with Crippen LogP contribution in [0.4, 0.5) is 5.69 Å². The summed E-state index contributed by atoms with van der Waals surface area (Å²) >= 11 is 0. The van der Waals surface area contributed by atoms with E-state index < -0.39 is 0 Å². The minimum absolute atomic E-state index is 0.00903. The van der Waals surface area contributed by atoms with Crippen LogP contribution < -0.4 is 14.8 Å². The van der Waals surface area contributed by atoms with Gasteiger partial charge in [0.1, 0.15) is 0 Å². The molecule has 0 aromatic heterocycles. The number of hydrogen-bond donors (Lipinski definition) is 1. The van der Waals surface area contributed by atoms with Crippen molar-refractivity contribution < 1.29 is 14.3 Å². The molecule has 4 heteroatoms. The minimum Gasteiger partial charge on any atom is -0.490 e. The second-order valence-corrected chi connectivity index (χ2v) is 6.75. The Labute approximate surface area is 148 Å². The van der Waals surface area contributed by atoms with E-state index in [-0.39, 0.29) is 5.91 Å². The zero-order valence-electron chi connectivity index (χ0n) is 14.3. The lowest BCUT2D eigenvalue weighted by atomic mass is 9.90. The van der Waals surface area contributed by atoms with E-state index in [1.54, 1.807) is 0 Å². The minimum atomic E-state index is -0.00903. The molecule has 0 bridgehead atoms. The van der Waals surface area contributed by atoms with Crippen LogP contribution in [0.2, 0.25) is 0 Å². The van der Waals surface area contributed by atoms with E-state index in [0.717, 1.165) is 29.8 Å². The van der Waals surface area contributed by atoms with Crippen LogP contribution in [0.25, 0.3) is 0 Å². The normalized spacial score (nSPS) is 15.8. The highest BCUT2D eigenvalue weighted by Crippen LogP contribution is 2.32. The average Bonchev–Trinajstić information content (AvgIpc) is 2.86. The van der Waals surface area contributed by atoms with Crippen LogP contribution in [0.15, 0.2) is 36.4 Å². The van der Waals surface area contributed by atoms with E-state index in [1.807, 2.05) is 18.2 Å². The van der Waals surface area contributed by atoms with Gasteiger partial charge in [-0.3, -0.25) is 4.79 Å². The monoisotopic (exact) mass is 337 g/mol. The molecule has 25 heavy (non-hydrogen) atoms. The number of amides is 1. The Morgan fingerprint density at radius 1 is 0.880 bits per heavy atom. The predicted octanol–water partition coefficient (Wildman–Crippen LogP) is 3.91. The van der Waals surface area contributed by atoms with E-state index in [2.05, 4.69) is 23.5 Å². The zero-order chi connectivity index (χ0) is 17.1. The summed E-state index contributed by atoms with van der Waals surface area (Å²) in [6.45, 7) is 1.30. The summed E-state index contributed by atoms with van der Waals surface area (Å²) in [6, 6.07) is 12.0. The van der Waals surface area contributed by atoms with Gasteiger partial charge in [-0.2, -0.15) is 0 Å². The molecule has 0 radical (unpaired) electrons. The van der Waals surface area contributed by atoms with E-state index in [9.17, 15) is 4.79 Å². The quantitative estimate of drug-likeness (QED) is 0.924. The lowest BCUT2D eigenvalue weighted by Gasteiger charge is -2.16. The SMILES string of the molecule is O=C(Cc1ccc2c(c1)CCCC2)Nc1ccc2c(c1)OCCCO2. The number of carbonyl (C=O) groups is 1. The molecule has 0 unspecified atom stereocenters. The number of benzene rings is 2. The number of fused-ring (bicyclic) bond motifs is 2. The van der Waals surface area contributed by atoms with Gasteiger partial charge in [0.2, 0.25) is 5.91 Å². The topological polar surface area (TPSA) is 47.6 Å². The Morgan fingerprint density at radius 3 is 2.56 bits per heavy atom. The Balaban J connectivity index is 1.43. The van der Waals surface area contributed by atoms with Crippen molar-refractivity contribution >= 4 is 11.6 Å². The molecule has 1 N–H and O–H groups in total. The highest BCUT2D eigenvalue weighted by molar-refractivity contribution is 5.92. The Morgan fingerprint density at radius 2 is 1.68 bits per heavy atom. The summed E-state index contributed by atoms with van der Waals surface area (Å²) in [4.78, 5) is 12.4. The highest BCUT2D eigenvalue weighted by Gasteiger charge is 2.13. The van der Waals surface area contributed by atoms with Crippen molar-refractivity contribution in [1.82, 2.24) is 0 Å². The predicted molar refractivity (Wildman–Crippen MR) is 97.5 cm³/mol. The molecular weight excluding hydrogens is 314 g/mol. The van der Waals surface area contributed by atoms with Gasteiger partial charge in [-0.05, 0) is 54.5 Å². The molecular formula is C21H23NO3. The van der Waals surface area contributed by atoms with Crippen LogP contribution in [0, 0.1) is 0 Å². The van der Waals surface area contributed by atoms with Gasteiger partial charge in [0.05, 0.1) is 19.6 Å². The van der Waals surface area contributed by atoms with Crippen LogP contribution in [-0.2, 0) is 24.1 Å². The summed E-state index contributed by atoms with van der Waals surface area (Å²) in [5.74, 6) is 1.43. The molecule has 1 heterocycles. The first kappa shape index (κ1) is 16.0. The Kier molecular flexibility index (Phi) is 4.59. The number of rotatable bonds is 3. The number of carbonyl (C=O) groups excluding carboxylic acids is 1. The molecule has 1 aliphatic carbocycles. The van der Waals surface area contributed by atoms with Crippen molar-refractivity contribution in [3.63, 3.8) is 0 Å². The van der Waals surface area contributed by atoms with Gasteiger partial charge < -0.3 is 14.8 Å². The largest absolute Gasteiger partial charge is 0.490 e. The van der Waals surface area contributed by atoms with Crippen molar-refractivity contribution in [3.05, 3.63) is 53.1 Å². The summed E-state index contributed by atoms with van der Waals surface area (Å²) < 4.78 is 11.3. The van der Waals surface area contributed by atoms with Crippen molar-refractivity contribution in [3.8, 4) is 11.5 Å². The van der Waals surface area contributed by atoms with Crippen LogP contribution in [0.3, 0.4) is 0 Å². The smallest absolute Gasteiger partial charge is 0.228 e. The first-order valence-electron chi connectivity index (χ1n) is 9.08. The highest BCUT2D eigenvalue weighted by atomic mass is 16.5. The third-order valence-corrected chi connectivity index (χ3v) is 4.81. The molecule has 2 aliphatic rings. The Bertz CT molecular complexity index is 785. The van der Waals surface area contributed by atoms with E-state index >= 15 is 0 Å². The first-order chi connectivity index (χ1) is 12.3. The van der Waals surface area contributed by atoms with Gasteiger partial charge in [-0.15, -0.1) is 0 Å². The van der Waals surface area contributed by atoms with Gasteiger partial charge in [0, 0.05) is 18.2 Å². The summed E-state index contributed by atoms with van der Waals surface area (Å²) in [7, 11) is 0. The van der Waals surface area contributed by atoms with E-state index in [1.165, 1.54) is 30.4 Å². The second kappa shape index (κ2) is 7.18. The average molecular weight is 337 g/mol. The van der Waals surface area contributed by atoms with E-state index in [4.69, 9.17) is 9.47 Å². The lowest BCUT2D eigenvalue weighted by molar-refractivity contribution is -0.115. The van der Waals surface area contributed by atoms with Crippen molar-refractivity contribution in [2.24, 2.45) is 0 Å². The molecule has 1 aliphatic heterocycles. The zero-order valence-corrected chi connectivity index (χ0v) is 14.3. The molecule has 0 spiro atoms. The fraction of sp³-hybridized carbons (Fsp3) is 0.381. The molecule has 0 fully saturated rings. The number of ether oxygens (including phenoxy) is 2. The fourth-order valence-electron chi connectivity index (χ4n) is 3.53. The molecule has 4 rings (SSSR count). The lowest BCUT2D eigenvalue weighted by Crippen LogP contribution is -2.15. The van der Waals surface area contributed by atoms with Crippen LogP contribution in [0.1, 0.15) is 36.0 Å². The maximum Gasteiger partial charge on any atom is 0.228 e. The summed E-state index contributed by atoms with van der Waals surface area (Å²) in [6.07, 6.45) is 6.08. The van der Waals surface area contributed by atoms with E-state index in [0.29, 0.717) is 25.4 Å². The molecule has 2 aromatic carbocycles. The van der Waals surface area contributed by atoms with Crippen molar-refractivity contribution in [2.75, 3.05) is 18.5 Å². The van der Waals surface area contributed by atoms with Gasteiger partial charge in [0.15, 0.2) is 11.5 Å². The molecule has 0 saturated carbocycles. The fourth-order valence-corrected chi connectivity index (χ4v) is 3.53. The molecule has 2 aromatic rings. The molecule has 0 atom stereocenters. The molecule has 1 amide bonds. The van der Waals surface area contributed by atoms with Gasteiger partial charge >= 0.3 is 0 Å². The maximum absolute atomic E-state index is 12.4. The summed E-state index contributed by atoms with van der Waals surface area (Å²) in [5.41, 5.74) is 4.67. The number of hydrogen-bond acceptors (Lipinski definition) is 3. The molecule has 130 valence electrons. The number of anilines is 1. The summed E-state index contributed by atoms with van der Waals surface area (Å²) in [5, 5.41) is 2.97. The van der Waals surface area contributed by atoms with Gasteiger partial charge in [-0.1, -0.05) is 18.2 Å². The third-order valence-electron chi connectivity index (χ3n) is 4.81. The van der Waals surface area contributed by atoms with Crippen molar-refractivity contribution in [1.29, 1.82) is 0 Å². The van der Waals surface area contributed by atoms with Crippen LogP contribution in [0.5, 0.6) is 11.5 Å². The maximum atomic E-state index is 12.4. The first-order valence-corrected chi connectivity index (χ1v) is 9.08. The number of aryl methyl sites for hydroxylation is 2. The van der Waals surface area contributed by atoms with Crippen LogP contribution >= 0.6 is 0 Å². The Hall–Kier alpha value is -2.49. The third kappa shape index (κ3) is 3.78. The van der Waals surface area contributed by atoms with Gasteiger partial charge in [-0.25, -0.2) is 0 Å². The van der Waals surface area contributed by atoms with Gasteiger partial charge in [0.25, 0.3) is 0 Å². The van der Waals surface area contributed by atoms with Crippen molar-refractivity contribution in [2.45, 2.75) is 38.5 Å². The molecule has 4 nitrogen and oxygen atoms in total. The number of nitrogens with one attached hydrogen (secondary N) is 1. The van der Waals surface area contributed by atoms with Crippen LogP contribution in [-0.4, -0.2) is 19.1 Å².